The Balaban J connectivity index is 2.07. The first-order valence-electron chi connectivity index (χ1n) is 4.97. The monoisotopic (exact) mass is 237 g/mol. The summed E-state index contributed by atoms with van der Waals surface area (Å²) in [6.07, 6.45) is 0.788. The Morgan fingerprint density at radius 3 is 2.81 bits per heavy atom. The van der Waals surface area contributed by atoms with E-state index in [1.807, 2.05) is 18.2 Å². The lowest BCUT2D eigenvalue weighted by Crippen LogP contribution is -2.24. The van der Waals surface area contributed by atoms with Crippen molar-refractivity contribution in [2.24, 2.45) is 22.4 Å². The molecule has 84 valence electrons. The van der Waals surface area contributed by atoms with Crippen molar-refractivity contribution < 1.29 is 4.79 Å². The standard InChI is InChI=1S/C11H12ClN3O/c12-7-3-1-2-6(4-7)8-5-9(8)10(16)15-11(13)14/h1-4,8-9H,5H2,(H4,13,14,15,16)/t8-,9+/m1/s1. The number of aliphatic imine (C=N–C) groups is 1. The highest BCUT2D eigenvalue weighted by atomic mass is 35.5. The van der Waals surface area contributed by atoms with E-state index >= 15 is 0 Å². The lowest BCUT2D eigenvalue weighted by Gasteiger charge is -1.99. The Bertz CT molecular complexity index is 454. The van der Waals surface area contributed by atoms with Crippen molar-refractivity contribution in [3.8, 4) is 0 Å². The second-order valence-electron chi connectivity index (χ2n) is 3.88. The summed E-state index contributed by atoms with van der Waals surface area (Å²) in [5, 5.41) is 0.678. The minimum absolute atomic E-state index is 0.0967. The van der Waals surface area contributed by atoms with E-state index < -0.39 is 0 Å². The Morgan fingerprint density at radius 1 is 1.44 bits per heavy atom. The van der Waals surface area contributed by atoms with Crippen LogP contribution in [-0.4, -0.2) is 11.9 Å². The molecular weight excluding hydrogens is 226 g/mol. The molecular formula is C11H12ClN3O. The molecule has 0 heterocycles. The van der Waals surface area contributed by atoms with Crippen LogP contribution in [0.1, 0.15) is 17.9 Å². The Hall–Kier alpha value is -1.55. The fraction of sp³-hybridized carbons (Fsp3) is 0.273. The van der Waals surface area contributed by atoms with Crippen LogP contribution < -0.4 is 11.5 Å². The maximum Gasteiger partial charge on any atom is 0.252 e. The van der Waals surface area contributed by atoms with E-state index in [0.717, 1.165) is 12.0 Å². The second kappa shape index (κ2) is 4.14. The smallest absolute Gasteiger partial charge is 0.252 e. The summed E-state index contributed by atoms with van der Waals surface area (Å²) in [5.74, 6) is -0.318. The van der Waals surface area contributed by atoms with Gasteiger partial charge in [0.05, 0.1) is 0 Å². The SMILES string of the molecule is NC(N)=NC(=O)[C@H]1C[C@@H]1c1cccc(Cl)c1. The van der Waals surface area contributed by atoms with Crippen LogP contribution in [0.25, 0.3) is 0 Å². The topological polar surface area (TPSA) is 81.5 Å². The summed E-state index contributed by atoms with van der Waals surface area (Å²) in [5.41, 5.74) is 11.4. The fourth-order valence-corrected chi connectivity index (χ4v) is 1.98. The van der Waals surface area contributed by atoms with Gasteiger partial charge < -0.3 is 11.5 Å². The van der Waals surface area contributed by atoms with Crippen molar-refractivity contribution in [3.63, 3.8) is 0 Å². The molecule has 4 N–H and O–H groups in total. The van der Waals surface area contributed by atoms with Crippen molar-refractivity contribution in [3.05, 3.63) is 34.9 Å². The molecule has 0 bridgehead atoms. The van der Waals surface area contributed by atoms with E-state index in [-0.39, 0.29) is 23.7 Å². The number of benzene rings is 1. The number of nitrogens with two attached hydrogens (primary N) is 2. The van der Waals surface area contributed by atoms with Gasteiger partial charge in [0.15, 0.2) is 5.96 Å². The molecule has 2 rings (SSSR count). The summed E-state index contributed by atoms with van der Waals surface area (Å²) in [6.45, 7) is 0. The summed E-state index contributed by atoms with van der Waals surface area (Å²) in [4.78, 5) is 15.0. The van der Waals surface area contributed by atoms with Gasteiger partial charge in [0.1, 0.15) is 0 Å². The minimum atomic E-state index is -0.245. The van der Waals surface area contributed by atoms with E-state index in [2.05, 4.69) is 4.99 Å². The molecule has 1 amide bonds. The molecule has 1 aliphatic rings. The lowest BCUT2D eigenvalue weighted by atomic mass is 10.1. The largest absolute Gasteiger partial charge is 0.370 e. The van der Waals surface area contributed by atoms with Crippen LogP contribution >= 0.6 is 11.6 Å². The first-order chi connectivity index (χ1) is 7.58. The predicted molar refractivity (Wildman–Crippen MR) is 63.1 cm³/mol. The molecule has 1 aromatic rings. The van der Waals surface area contributed by atoms with Crippen molar-refractivity contribution in [2.45, 2.75) is 12.3 Å². The van der Waals surface area contributed by atoms with Gasteiger partial charge in [-0.25, -0.2) is 0 Å². The number of rotatable bonds is 2. The first kappa shape index (κ1) is 11.0. The summed E-state index contributed by atoms with van der Waals surface area (Å²) < 4.78 is 0. The van der Waals surface area contributed by atoms with E-state index in [0.29, 0.717) is 5.02 Å². The first-order valence-corrected chi connectivity index (χ1v) is 5.34. The van der Waals surface area contributed by atoms with Crippen molar-refractivity contribution in [1.82, 2.24) is 0 Å². The van der Waals surface area contributed by atoms with Gasteiger partial charge in [0.25, 0.3) is 5.91 Å². The molecule has 1 fully saturated rings. The Kier molecular flexibility index (Phi) is 2.83. The van der Waals surface area contributed by atoms with E-state index in [9.17, 15) is 4.79 Å². The van der Waals surface area contributed by atoms with E-state index in [1.165, 1.54) is 0 Å². The highest BCUT2D eigenvalue weighted by Crippen LogP contribution is 2.48. The highest BCUT2D eigenvalue weighted by Gasteiger charge is 2.44. The van der Waals surface area contributed by atoms with Crippen LogP contribution in [-0.2, 0) is 4.79 Å². The number of hydrogen-bond donors (Lipinski definition) is 2. The van der Waals surface area contributed by atoms with Crippen LogP contribution in [0.15, 0.2) is 29.3 Å². The van der Waals surface area contributed by atoms with Gasteiger partial charge in [0.2, 0.25) is 0 Å². The zero-order valence-corrected chi connectivity index (χ0v) is 9.32. The fourth-order valence-electron chi connectivity index (χ4n) is 1.78. The van der Waals surface area contributed by atoms with Gasteiger partial charge >= 0.3 is 0 Å². The van der Waals surface area contributed by atoms with Crippen LogP contribution in [0, 0.1) is 5.92 Å². The molecule has 0 aromatic heterocycles. The molecule has 0 radical (unpaired) electrons. The third-order valence-corrected chi connectivity index (χ3v) is 2.86. The summed E-state index contributed by atoms with van der Waals surface area (Å²) in [7, 11) is 0. The van der Waals surface area contributed by atoms with E-state index in [1.54, 1.807) is 6.07 Å². The predicted octanol–water partition coefficient (Wildman–Crippen LogP) is 1.24. The molecule has 5 heteroatoms. The van der Waals surface area contributed by atoms with Gasteiger partial charge in [0, 0.05) is 10.9 Å². The van der Waals surface area contributed by atoms with Crippen LogP contribution in [0.3, 0.4) is 0 Å². The third-order valence-electron chi connectivity index (χ3n) is 2.62. The molecule has 0 spiro atoms. The van der Waals surface area contributed by atoms with Gasteiger partial charge in [-0.1, -0.05) is 23.7 Å². The summed E-state index contributed by atoms with van der Waals surface area (Å²) >= 11 is 5.88. The number of halogens is 1. The Morgan fingerprint density at radius 2 is 2.19 bits per heavy atom. The molecule has 4 nitrogen and oxygen atoms in total. The van der Waals surface area contributed by atoms with Gasteiger partial charge in [-0.15, -0.1) is 0 Å². The van der Waals surface area contributed by atoms with Crippen LogP contribution in [0.5, 0.6) is 0 Å². The number of hydrogen-bond acceptors (Lipinski definition) is 1. The average Bonchev–Trinajstić information content (AvgIpc) is 2.95. The van der Waals surface area contributed by atoms with Crippen LogP contribution in [0.4, 0.5) is 0 Å². The van der Waals surface area contributed by atoms with Gasteiger partial charge in [-0.3, -0.25) is 4.79 Å². The van der Waals surface area contributed by atoms with Gasteiger partial charge in [-0.05, 0) is 30.0 Å². The lowest BCUT2D eigenvalue weighted by molar-refractivity contribution is -0.119. The molecule has 1 saturated carbocycles. The average molecular weight is 238 g/mol. The quantitative estimate of drug-likeness (QED) is 0.600. The maximum absolute atomic E-state index is 11.5. The number of amides is 1. The molecule has 1 aliphatic carbocycles. The third kappa shape index (κ3) is 2.33. The van der Waals surface area contributed by atoms with Gasteiger partial charge in [-0.2, -0.15) is 4.99 Å². The zero-order valence-electron chi connectivity index (χ0n) is 8.56. The Labute approximate surface area is 98.3 Å². The molecule has 0 saturated heterocycles. The number of nitrogens with zero attached hydrogens (tertiary/aromatic N) is 1. The number of guanidine groups is 1. The van der Waals surface area contributed by atoms with Crippen molar-refractivity contribution in [2.75, 3.05) is 0 Å². The second-order valence-corrected chi connectivity index (χ2v) is 4.32. The zero-order chi connectivity index (χ0) is 11.7. The number of carbonyl (C=O) groups excluding carboxylic acids is 1. The van der Waals surface area contributed by atoms with E-state index in [4.69, 9.17) is 23.1 Å². The minimum Gasteiger partial charge on any atom is -0.370 e. The normalized spacial score (nSPS) is 22.6. The molecule has 0 unspecified atom stereocenters. The van der Waals surface area contributed by atoms with Crippen molar-refractivity contribution in [1.29, 1.82) is 0 Å². The van der Waals surface area contributed by atoms with Crippen molar-refractivity contribution >= 4 is 23.5 Å². The molecule has 1 aromatic carbocycles. The van der Waals surface area contributed by atoms with Crippen LogP contribution in [0.2, 0.25) is 5.02 Å². The highest BCUT2D eigenvalue weighted by molar-refractivity contribution is 6.30. The summed E-state index contributed by atoms with van der Waals surface area (Å²) in [6, 6.07) is 7.51. The maximum atomic E-state index is 11.5. The molecule has 16 heavy (non-hydrogen) atoms. The molecule has 2 atom stereocenters. The molecule has 0 aliphatic heterocycles. The number of carbonyl (C=O) groups is 1.